The van der Waals surface area contributed by atoms with Gasteiger partial charge in [0.05, 0.1) is 53.7 Å². The Morgan fingerprint density at radius 3 is 2.22 bits per heavy atom. The number of benzene rings is 4. The number of allylic oxidation sites excluding steroid dienone is 2. The van der Waals surface area contributed by atoms with E-state index in [1.54, 1.807) is 54.6 Å². The molecule has 6 aromatic rings. The number of hydrazine groups is 1. The lowest BCUT2D eigenvalue weighted by Gasteiger charge is -2.50. The standard InChI is InChI=1S/C47H34Cl2F3N5O8/c1-63-35-17-23(18-36(64-2)39(35)58)38-28-15-16-29-37(44(61)56(42(29)59)27-13-7-22(8-14-27)41-54-33-5-3-4-6-34(33)65-41)30(28)20-31-43(60)57(45(62)46(31,38)24-9-11-26(48)12-10-24)55-40-32(49)19-25(21-53-40)47(50,51)52/h3-15,17-19,21,29-31,37-38,58H,16,20H2,1-2H3,(H,53,55)/t29-,30+,31-,37-,38-,46+/m0/s1. The number of pyridine rings is 1. The summed E-state index contributed by atoms with van der Waals surface area (Å²) in [4.78, 5) is 69.6. The molecule has 330 valence electrons. The summed E-state index contributed by atoms with van der Waals surface area (Å²) in [7, 11) is 2.66. The van der Waals surface area contributed by atoms with Crippen molar-refractivity contribution in [1.82, 2.24) is 15.0 Å². The maximum Gasteiger partial charge on any atom is 0.417 e. The van der Waals surface area contributed by atoms with Crippen LogP contribution < -0.4 is 19.8 Å². The van der Waals surface area contributed by atoms with Crippen molar-refractivity contribution in [3.05, 3.63) is 136 Å². The summed E-state index contributed by atoms with van der Waals surface area (Å²) in [6.07, 6.45) is -2.44. The highest BCUT2D eigenvalue weighted by atomic mass is 35.5. The van der Waals surface area contributed by atoms with Crippen molar-refractivity contribution in [2.45, 2.75) is 30.4 Å². The lowest BCUT2D eigenvalue weighted by atomic mass is 9.49. The van der Waals surface area contributed by atoms with Gasteiger partial charge in [0.15, 0.2) is 22.9 Å². The van der Waals surface area contributed by atoms with Crippen LogP contribution in [0, 0.1) is 23.7 Å². The molecule has 2 aliphatic heterocycles. The van der Waals surface area contributed by atoms with Crippen molar-refractivity contribution < 1.29 is 51.3 Å². The first kappa shape index (κ1) is 42.1. The highest BCUT2D eigenvalue weighted by Crippen LogP contribution is 2.65. The van der Waals surface area contributed by atoms with Gasteiger partial charge in [-0.2, -0.15) is 18.2 Å². The van der Waals surface area contributed by atoms with Crippen LogP contribution in [0.5, 0.6) is 17.2 Å². The van der Waals surface area contributed by atoms with Gasteiger partial charge in [-0.1, -0.05) is 59.1 Å². The van der Waals surface area contributed by atoms with Crippen LogP contribution in [0.4, 0.5) is 24.7 Å². The number of amides is 4. The smallest absolute Gasteiger partial charge is 0.417 e. The lowest BCUT2D eigenvalue weighted by Crippen LogP contribution is -2.53. The van der Waals surface area contributed by atoms with E-state index in [9.17, 15) is 27.9 Å². The molecular weight excluding hydrogens is 890 g/mol. The maximum atomic E-state index is 15.6. The number of fused-ring (bicyclic) bond motifs is 5. The second-order valence-corrected chi connectivity index (χ2v) is 17.1. The second-order valence-electron chi connectivity index (χ2n) is 16.2. The first-order valence-corrected chi connectivity index (χ1v) is 21.0. The van der Waals surface area contributed by atoms with Gasteiger partial charge in [-0.05, 0) is 96.6 Å². The van der Waals surface area contributed by atoms with E-state index in [-0.39, 0.29) is 30.1 Å². The van der Waals surface area contributed by atoms with Gasteiger partial charge in [0.25, 0.3) is 11.8 Å². The molecule has 4 aliphatic rings. The monoisotopic (exact) mass is 923 g/mol. The third-order valence-electron chi connectivity index (χ3n) is 13.1. The van der Waals surface area contributed by atoms with Crippen LogP contribution in [0.15, 0.2) is 113 Å². The van der Waals surface area contributed by atoms with Crippen LogP contribution in [0.1, 0.15) is 35.4 Å². The largest absolute Gasteiger partial charge is 0.502 e. The number of hydrogen-bond donors (Lipinski definition) is 2. The number of para-hydroxylation sites is 2. The molecule has 4 aromatic carbocycles. The van der Waals surface area contributed by atoms with E-state index >= 15 is 9.59 Å². The number of phenolic OH excluding ortho intramolecular Hbond substituents is 1. The summed E-state index contributed by atoms with van der Waals surface area (Å²) in [5.41, 5.74) is 3.08. The lowest BCUT2D eigenvalue weighted by molar-refractivity contribution is -0.139. The van der Waals surface area contributed by atoms with Crippen molar-refractivity contribution in [1.29, 1.82) is 0 Å². The molecule has 0 unspecified atom stereocenters. The van der Waals surface area contributed by atoms with Crippen molar-refractivity contribution in [3.63, 3.8) is 0 Å². The topological polar surface area (TPSA) is 164 Å². The minimum Gasteiger partial charge on any atom is -0.502 e. The molecule has 6 atom stereocenters. The zero-order valence-corrected chi connectivity index (χ0v) is 35.6. The Hall–Kier alpha value is -6.91. The Morgan fingerprint density at radius 2 is 1.57 bits per heavy atom. The highest BCUT2D eigenvalue weighted by molar-refractivity contribution is 6.33. The number of halogens is 5. The molecule has 4 amide bonds. The Balaban J connectivity index is 1.10. The van der Waals surface area contributed by atoms with Gasteiger partial charge < -0.3 is 19.0 Å². The first-order valence-electron chi connectivity index (χ1n) is 20.3. The summed E-state index contributed by atoms with van der Waals surface area (Å²) < 4.78 is 57.9. The number of methoxy groups -OCH3 is 2. The number of alkyl halides is 3. The number of nitrogens with one attached hydrogen (secondary N) is 1. The Bertz CT molecular complexity index is 2960. The van der Waals surface area contributed by atoms with E-state index in [4.69, 9.17) is 37.1 Å². The molecule has 18 heteroatoms. The zero-order valence-electron chi connectivity index (χ0n) is 34.1. The number of carbonyl (C=O) groups is 4. The van der Waals surface area contributed by atoms with E-state index in [0.29, 0.717) is 67.2 Å². The van der Waals surface area contributed by atoms with E-state index in [0.717, 1.165) is 4.90 Å². The van der Waals surface area contributed by atoms with Crippen LogP contribution in [-0.4, -0.2) is 57.9 Å². The van der Waals surface area contributed by atoms with Gasteiger partial charge in [0.2, 0.25) is 23.5 Å². The van der Waals surface area contributed by atoms with Gasteiger partial charge in [0, 0.05) is 22.7 Å². The highest BCUT2D eigenvalue weighted by Gasteiger charge is 2.70. The van der Waals surface area contributed by atoms with Crippen LogP contribution in [0.3, 0.4) is 0 Å². The maximum absolute atomic E-state index is 15.6. The number of phenols is 1. The van der Waals surface area contributed by atoms with Gasteiger partial charge in [-0.3, -0.25) is 29.5 Å². The molecule has 1 saturated carbocycles. The average molecular weight is 925 g/mol. The molecule has 10 rings (SSSR count). The molecular formula is C47H34Cl2F3N5O8. The number of nitrogens with zero attached hydrogens (tertiary/aromatic N) is 4. The summed E-state index contributed by atoms with van der Waals surface area (Å²) in [6.45, 7) is 0. The zero-order chi connectivity index (χ0) is 45.7. The van der Waals surface area contributed by atoms with Crippen molar-refractivity contribution in [2.75, 3.05) is 24.5 Å². The molecule has 3 fully saturated rings. The first-order chi connectivity index (χ1) is 31.1. The van der Waals surface area contributed by atoms with Crippen LogP contribution >= 0.6 is 23.2 Å². The summed E-state index contributed by atoms with van der Waals surface area (Å²) in [5, 5.41) is 11.6. The predicted molar refractivity (Wildman–Crippen MR) is 230 cm³/mol. The van der Waals surface area contributed by atoms with Crippen molar-refractivity contribution >= 4 is 69.4 Å². The number of aromatic nitrogens is 2. The van der Waals surface area contributed by atoms with Gasteiger partial charge in [-0.15, -0.1) is 0 Å². The number of imide groups is 2. The fourth-order valence-electron chi connectivity index (χ4n) is 10.2. The van der Waals surface area contributed by atoms with E-state index < -0.39 is 81.2 Å². The number of carbonyl (C=O) groups excluding carboxylic acids is 4. The van der Waals surface area contributed by atoms with Crippen molar-refractivity contribution in [3.8, 4) is 28.7 Å². The molecule has 0 radical (unpaired) electrons. The van der Waals surface area contributed by atoms with Gasteiger partial charge >= 0.3 is 6.18 Å². The molecule has 2 N–H and O–H groups in total. The SMILES string of the molecule is COc1cc([C@H]2C3=CC[C@@H]4C(=O)N(c5ccc(-c6nc7ccccc7o6)cc5)C(=O)[C@@H]4[C@@H]3C[C@H]3C(=O)N(Nc4ncc(C(F)(F)F)cc4Cl)C(=O)[C@@]23c2ccc(Cl)cc2)cc(OC)c1O. The van der Waals surface area contributed by atoms with Crippen LogP contribution in [0.2, 0.25) is 10.0 Å². The Kier molecular flexibility index (Phi) is 9.95. The van der Waals surface area contributed by atoms with Crippen LogP contribution in [-0.2, 0) is 30.8 Å². The molecule has 4 heterocycles. The third-order valence-corrected chi connectivity index (χ3v) is 13.6. The summed E-state index contributed by atoms with van der Waals surface area (Å²) in [6, 6.07) is 24.0. The summed E-state index contributed by atoms with van der Waals surface area (Å²) >= 11 is 12.7. The average Bonchev–Trinajstić information content (AvgIpc) is 3.91. The number of anilines is 2. The predicted octanol–water partition coefficient (Wildman–Crippen LogP) is 9.13. The fraction of sp³-hybridized carbons (Fsp3) is 0.234. The number of oxazole rings is 1. The molecule has 0 spiro atoms. The van der Waals surface area contributed by atoms with Crippen LogP contribution in [0.25, 0.3) is 22.6 Å². The second kappa shape index (κ2) is 15.4. The molecule has 2 aromatic heterocycles. The minimum absolute atomic E-state index is 0.0226. The van der Waals surface area contributed by atoms with Gasteiger partial charge in [-0.25, -0.2) is 9.97 Å². The molecule has 2 saturated heterocycles. The normalized spacial score (nSPS) is 23.9. The molecule has 0 bridgehead atoms. The fourth-order valence-corrected chi connectivity index (χ4v) is 10.6. The van der Waals surface area contributed by atoms with Crippen molar-refractivity contribution in [2.24, 2.45) is 23.7 Å². The number of rotatable bonds is 8. The molecule has 13 nitrogen and oxygen atoms in total. The third kappa shape index (κ3) is 6.43. The summed E-state index contributed by atoms with van der Waals surface area (Å²) in [5.74, 6) is -8.00. The molecule has 65 heavy (non-hydrogen) atoms. The number of ether oxygens (including phenoxy) is 2. The Morgan fingerprint density at radius 1 is 0.877 bits per heavy atom. The Labute approximate surface area is 377 Å². The van der Waals surface area contributed by atoms with Gasteiger partial charge in [0.1, 0.15) is 5.52 Å². The quantitative estimate of drug-likeness (QED) is 0.111. The number of hydrogen-bond acceptors (Lipinski definition) is 11. The van der Waals surface area contributed by atoms with E-state index in [1.807, 2.05) is 24.3 Å². The molecule has 2 aliphatic carbocycles. The van der Waals surface area contributed by atoms with E-state index in [1.165, 1.54) is 26.4 Å². The number of aromatic hydroxyl groups is 1. The minimum atomic E-state index is -4.78. The van der Waals surface area contributed by atoms with E-state index in [2.05, 4.69) is 15.4 Å².